The maximum Gasteiger partial charge on any atom is 0.157 e. The molecule has 11 heavy (non-hydrogen) atoms. The van der Waals surface area contributed by atoms with Crippen molar-refractivity contribution in [3.05, 3.63) is 11.8 Å². The molecule has 0 radical (unpaired) electrons. The second-order valence-corrected chi connectivity index (χ2v) is 2.67. The third-order valence-electron chi connectivity index (χ3n) is 1.63. The van der Waals surface area contributed by atoms with Gasteiger partial charge in [-0.3, -0.25) is 4.79 Å². The van der Waals surface area contributed by atoms with Crippen LogP contribution in [0, 0.1) is 12.3 Å². The molecule has 1 N–H and O–H groups in total. The van der Waals surface area contributed by atoms with Crippen LogP contribution in [0.4, 0.5) is 0 Å². The van der Waals surface area contributed by atoms with Gasteiger partial charge in [0.05, 0.1) is 6.04 Å². The van der Waals surface area contributed by atoms with Crippen molar-refractivity contribution in [2.24, 2.45) is 0 Å². The van der Waals surface area contributed by atoms with Gasteiger partial charge >= 0.3 is 0 Å². The molecule has 2 heteroatoms. The number of nitrogens with one attached hydrogen (secondary N) is 1. The minimum atomic E-state index is 0.0205. The van der Waals surface area contributed by atoms with E-state index in [0.29, 0.717) is 6.42 Å². The Kier molecular flexibility index (Phi) is 2.32. The Balaban J connectivity index is 2.46. The fraction of sp³-hybridized carbons (Fsp3) is 0.444. The van der Waals surface area contributed by atoms with Crippen molar-refractivity contribution in [2.45, 2.75) is 25.8 Å². The Hall–Kier alpha value is -1.23. The Morgan fingerprint density at radius 1 is 1.73 bits per heavy atom. The fourth-order valence-corrected chi connectivity index (χ4v) is 1.03. The van der Waals surface area contributed by atoms with Crippen LogP contribution in [0.5, 0.6) is 0 Å². The van der Waals surface area contributed by atoms with Crippen molar-refractivity contribution in [3.8, 4) is 12.3 Å². The first kappa shape index (κ1) is 7.87. The maximum absolute atomic E-state index is 10.8. The summed E-state index contributed by atoms with van der Waals surface area (Å²) in [6.45, 7) is 1.89. The summed E-state index contributed by atoms with van der Waals surface area (Å²) in [6.07, 6.45) is 8.23. The average Bonchev–Trinajstić information content (AvgIpc) is 2.35. The van der Waals surface area contributed by atoms with Gasteiger partial charge in [0.2, 0.25) is 0 Å². The van der Waals surface area contributed by atoms with Gasteiger partial charge in [0.1, 0.15) is 0 Å². The molecule has 0 aromatic carbocycles. The third-order valence-corrected chi connectivity index (χ3v) is 1.63. The molecule has 1 aliphatic rings. The van der Waals surface area contributed by atoms with E-state index < -0.39 is 0 Å². The first-order valence-corrected chi connectivity index (χ1v) is 3.68. The normalized spacial score (nSPS) is 18.9. The van der Waals surface area contributed by atoms with Gasteiger partial charge in [0.25, 0.3) is 0 Å². The molecule has 2 nitrogen and oxygen atoms in total. The summed E-state index contributed by atoms with van der Waals surface area (Å²) in [5.41, 5.74) is 0.973. The summed E-state index contributed by atoms with van der Waals surface area (Å²) in [6, 6.07) is 0.0205. The van der Waals surface area contributed by atoms with E-state index in [4.69, 9.17) is 6.42 Å². The molecule has 1 atom stereocenters. The number of terminal acetylenes is 1. The highest BCUT2D eigenvalue weighted by molar-refractivity contribution is 5.92. The Morgan fingerprint density at radius 2 is 2.45 bits per heavy atom. The standard InChI is InChI=1S/C9H11NO/c1-3-7(2)10-8-4-5-9(11)6-8/h1,6-7,10H,4-5H2,2H3. The van der Waals surface area contributed by atoms with Gasteiger partial charge in [-0.05, 0) is 13.3 Å². The largest absolute Gasteiger partial charge is 0.375 e. The fourth-order valence-electron chi connectivity index (χ4n) is 1.03. The van der Waals surface area contributed by atoms with E-state index in [-0.39, 0.29) is 11.8 Å². The zero-order valence-corrected chi connectivity index (χ0v) is 6.55. The molecule has 0 saturated carbocycles. The summed E-state index contributed by atoms with van der Waals surface area (Å²) in [5.74, 6) is 2.73. The van der Waals surface area contributed by atoms with E-state index in [1.54, 1.807) is 6.08 Å². The minimum Gasteiger partial charge on any atom is -0.375 e. The first-order valence-electron chi connectivity index (χ1n) is 3.68. The average molecular weight is 149 g/mol. The van der Waals surface area contributed by atoms with Gasteiger partial charge in [0, 0.05) is 18.2 Å². The van der Waals surface area contributed by atoms with Crippen LogP contribution in [0.3, 0.4) is 0 Å². The van der Waals surface area contributed by atoms with Crippen LogP contribution in [-0.2, 0) is 4.79 Å². The molecular weight excluding hydrogens is 138 g/mol. The molecule has 58 valence electrons. The van der Waals surface area contributed by atoms with E-state index >= 15 is 0 Å². The van der Waals surface area contributed by atoms with Crippen LogP contribution < -0.4 is 5.32 Å². The summed E-state index contributed by atoms with van der Waals surface area (Å²) in [5, 5.41) is 3.06. The van der Waals surface area contributed by atoms with Crippen molar-refractivity contribution < 1.29 is 4.79 Å². The monoisotopic (exact) mass is 149 g/mol. The lowest BCUT2D eigenvalue weighted by molar-refractivity contribution is -0.114. The summed E-state index contributed by atoms with van der Waals surface area (Å²) < 4.78 is 0. The first-order chi connectivity index (χ1) is 5.22. The summed E-state index contributed by atoms with van der Waals surface area (Å²) in [4.78, 5) is 10.8. The number of carbonyl (C=O) groups excluding carboxylic acids is 1. The molecule has 0 fully saturated rings. The summed E-state index contributed by atoms with van der Waals surface area (Å²) in [7, 11) is 0. The van der Waals surface area contributed by atoms with Crippen LogP contribution in [-0.4, -0.2) is 11.8 Å². The second kappa shape index (κ2) is 3.25. The lowest BCUT2D eigenvalue weighted by Gasteiger charge is -2.08. The van der Waals surface area contributed by atoms with E-state index in [0.717, 1.165) is 12.1 Å². The quantitative estimate of drug-likeness (QED) is 0.589. The van der Waals surface area contributed by atoms with E-state index in [1.165, 1.54) is 0 Å². The second-order valence-electron chi connectivity index (χ2n) is 2.67. The molecule has 0 aliphatic heterocycles. The van der Waals surface area contributed by atoms with Gasteiger partial charge in [-0.1, -0.05) is 5.92 Å². The van der Waals surface area contributed by atoms with Crippen molar-refractivity contribution >= 4 is 5.78 Å². The van der Waals surface area contributed by atoms with Crippen LogP contribution >= 0.6 is 0 Å². The van der Waals surface area contributed by atoms with Crippen LogP contribution in [0.25, 0.3) is 0 Å². The van der Waals surface area contributed by atoms with Crippen LogP contribution in [0.1, 0.15) is 19.8 Å². The SMILES string of the molecule is C#CC(C)NC1=CC(=O)CC1. The zero-order chi connectivity index (χ0) is 8.27. The number of allylic oxidation sites excluding steroid dienone is 2. The molecule has 0 amide bonds. The predicted octanol–water partition coefficient (Wildman–Crippen LogP) is 0.845. The maximum atomic E-state index is 10.8. The molecule has 0 aromatic rings. The topological polar surface area (TPSA) is 29.1 Å². The zero-order valence-electron chi connectivity index (χ0n) is 6.55. The van der Waals surface area contributed by atoms with E-state index in [2.05, 4.69) is 11.2 Å². The third kappa shape index (κ3) is 2.12. The van der Waals surface area contributed by atoms with E-state index in [1.807, 2.05) is 6.92 Å². The van der Waals surface area contributed by atoms with Crippen LogP contribution in [0.15, 0.2) is 11.8 Å². The minimum absolute atomic E-state index is 0.0205. The Bertz CT molecular complexity index is 234. The predicted molar refractivity (Wildman–Crippen MR) is 43.8 cm³/mol. The van der Waals surface area contributed by atoms with Crippen molar-refractivity contribution in [2.75, 3.05) is 0 Å². The molecule has 0 spiro atoms. The van der Waals surface area contributed by atoms with Crippen molar-refractivity contribution in [3.63, 3.8) is 0 Å². The smallest absolute Gasteiger partial charge is 0.157 e. The number of ketones is 1. The Morgan fingerprint density at radius 3 is 2.91 bits per heavy atom. The van der Waals surface area contributed by atoms with Crippen molar-refractivity contribution in [1.82, 2.24) is 5.32 Å². The highest BCUT2D eigenvalue weighted by atomic mass is 16.1. The number of hydrogen-bond donors (Lipinski definition) is 1. The number of carbonyl (C=O) groups is 1. The Labute approximate surface area is 66.7 Å². The van der Waals surface area contributed by atoms with Gasteiger partial charge in [0.15, 0.2) is 5.78 Å². The van der Waals surface area contributed by atoms with E-state index in [9.17, 15) is 4.79 Å². The highest BCUT2D eigenvalue weighted by Crippen LogP contribution is 2.11. The highest BCUT2D eigenvalue weighted by Gasteiger charge is 2.12. The molecular formula is C9H11NO. The molecule has 1 aliphatic carbocycles. The van der Waals surface area contributed by atoms with Gasteiger partial charge in [-0.2, -0.15) is 0 Å². The molecule has 1 unspecified atom stereocenters. The molecule has 0 saturated heterocycles. The number of rotatable bonds is 2. The molecule has 0 bridgehead atoms. The molecule has 0 heterocycles. The lowest BCUT2D eigenvalue weighted by Crippen LogP contribution is -2.22. The van der Waals surface area contributed by atoms with Crippen LogP contribution in [0.2, 0.25) is 0 Å². The van der Waals surface area contributed by atoms with Gasteiger partial charge in [-0.25, -0.2) is 0 Å². The molecule has 0 aromatic heterocycles. The molecule has 1 rings (SSSR count). The lowest BCUT2D eigenvalue weighted by atomic mass is 10.3. The summed E-state index contributed by atoms with van der Waals surface area (Å²) >= 11 is 0. The number of hydrogen-bond acceptors (Lipinski definition) is 2. The van der Waals surface area contributed by atoms with Gasteiger partial charge in [-0.15, -0.1) is 6.42 Å². The van der Waals surface area contributed by atoms with Gasteiger partial charge < -0.3 is 5.32 Å². The van der Waals surface area contributed by atoms with Crippen molar-refractivity contribution in [1.29, 1.82) is 0 Å².